The predicted octanol–water partition coefficient (Wildman–Crippen LogP) is 0.722. The van der Waals surface area contributed by atoms with Gasteiger partial charge in [0.15, 0.2) is 0 Å². The van der Waals surface area contributed by atoms with Crippen LogP contribution in [0, 0.1) is 0 Å². The summed E-state index contributed by atoms with van der Waals surface area (Å²) in [7, 11) is 0. The van der Waals surface area contributed by atoms with E-state index in [2.05, 4.69) is 0 Å². The van der Waals surface area contributed by atoms with Crippen LogP contribution in [0.4, 0.5) is 0 Å². The SMILES string of the molecule is NCCCCCSN. The van der Waals surface area contributed by atoms with E-state index in [-0.39, 0.29) is 0 Å². The maximum absolute atomic E-state index is 5.27. The van der Waals surface area contributed by atoms with Gasteiger partial charge in [0.25, 0.3) is 0 Å². The van der Waals surface area contributed by atoms with E-state index in [9.17, 15) is 0 Å². The summed E-state index contributed by atoms with van der Waals surface area (Å²) >= 11 is 1.41. The minimum atomic E-state index is 0.815. The van der Waals surface area contributed by atoms with Gasteiger partial charge < -0.3 is 5.73 Å². The zero-order chi connectivity index (χ0) is 6.24. The van der Waals surface area contributed by atoms with E-state index in [1.165, 1.54) is 24.8 Å². The molecular weight excluding hydrogens is 120 g/mol. The highest BCUT2D eigenvalue weighted by atomic mass is 32.2. The van der Waals surface area contributed by atoms with Crippen LogP contribution >= 0.6 is 11.9 Å². The molecule has 3 heteroatoms. The van der Waals surface area contributed by atoms with Crippen molar-refractivity contribution in [2.24, 2.45) is 10.9 Å². The zero-order valence-corrected chi connectivity index (χ0v) is 5.91. The van der Waals surface area contributed by atoms with Crippen molar-refractivity contribution in [3.05, 3.63) is 0 Å². The van der Waals surface area contributed by atoms with E-state index in [1.807, 2.05) is 0 Å². The standard InChI is InChI=1S/C5H14N2S/c6-4-2-1-3-5-8-7/h1-7H2. The fourth-order valence-corrected chi connectivity index (χ4v) is 0.877. The van der Waals surface area contributed by atoms with Gasteiger partial charge in [0.05, 0.1) is 0 Å². The lowest BCUT2D eigenvalue weighted by Crippen LogP contribution is -1.98. The minimum absolute atomic E-state index is 0.815. The summed E-state index contributed by atoms with van der Waals surface area (Å²) in [6.07, 6.45) is 3.57. The van der Waals surface area contributed by atoms with Crippen LogP contribution in [-0.2, 0) is 0 Å². The molecule has 0 fully saturated rings. The molecule has 0 aliphatic heterocycles. The molecule has 0 rings (SSSR count). The Balaban J connectivity index is 2.53. The van der Waals surface area contributed by atoms with E-state index >= 15 is 0 Å². The first-order chi connectivity index (χ1) is 3.91. The van der Waals surface area contributed by atoms with Gasteiger partial charge in [-0.05, 0) is 19.4 Å². The quantitative estimate of drug-likeness (QED) is 0.430. The number of hydrogen-bond acceptors (Lipinski definition) is 3. The summed E-state index contributed by atoms with van der Waals surface area (Å²) in [6, 6.07) is 0. The normalized spacial score (nSPS) is 9.75. The molecule has 0 unspecified atom stereocenters. The average Bonchev–Trinajstić information content (AvgIpc) is 1.81. The second-order valence-corrected chi connectivity index (χ2v) is 2.46. The Bertz CT molecular complexity index is 35.4. The van der Waals surface area contributed by atoms with Gasteiger partial charge in [0, 0.05) is 5.75 Å². The number of hydrogen-bond donors (Lipinski definition) is 2. The van der Waals surface area contributed by atoms with Crippen molar-refractivity contribution in [1.29, 1.82) is 0 Å². The molecule has 0 spiro atoms. The number of unbranched alkanes of at least 4 members (excludes halogenated alkanes) is 2. The smallest absolute Gasteiger partial charge is 0.00764 e. The van der Waals surface area contributed by atoms with Gasteiger partial charge in [-0.3, -0.25) is 5.14 Å². The van der Waals surface area contributed by atoms with E-state index in [0.29, 0.717) is 0 Å². The second kappa shape index (κ2) is 7.27. The van der Waals surface area contributed by atoms with Gasteiger partial charge in [0.1, 0.15) is 0 Å². The van der Waals surface area contributed by atoms with Crippen LogP contribution < -0.4 is 10.9 Å². The molecule has 0 amide bonds. The van der Waals surface area contributed by atoms with Crippen LogP contribution in [0.15, 0.2) is 0 Å². The second-order valence-electron chi connectivity index (χ2n) is 1.72. The maximum Gasteiger partial charge on any atom is 0.00764 e. The third-order valence-corrected chi connectivity index (χ3v) is 1.49. The first-order valence-corrected chi connectivity index (χ1v) is 3.98. The van der Waals surface area contributed by atoms with E-state index < -0.39 is 0 Å². The summed E-state index contributed by atoms with van der Waals surface area (Å²) in [5, 5.41) is 5.20. The van der Waals surface area contributed by atoms with Gasteiger partial charge in [-0.15, -0.1) is 0 Å². The van der Waals surface area contributed by atoms with Crippen molar-refractivity contribution in [3.63, 3.8) is 0 Å². The molecule has 0 aromatic rings. The lowest BCUT2D eigenvalue weighted by molar-refractivity contribution is 0.732. The van der Waals surface area contributed by atoms with Crippen molar-refractivity contribution >= 4 is 11.9 Å². The number of rotatable bonds is 5. The van der Waals surface area contributed by atoms with E-state index in [0.717, 1.165) is 18.7 Å². The Labute approximate surface area is 55.1 Å². The molecule has 8 heavy (non-hydrogen) atoms. The van der Waals surface area contributed by atoms with Gasteiger partial charge in [-0.2, -0.15) is 0 Å². The summed E-state index contributed by atoms with van der Waals surface area (Å²) in [5.74, 6) is 1.07. The maximum atomic E-state index is 5.27. The molecule has 0 aliphatic rings. The summed E-state index contributed by atoms with van der Waals surface area (Å²) < 4.78 is 0. The molecule has 0 bridgehead atoms. The Morgan fingerprint density at radius 1 is 1.12 bits per heavy atom. The lowest BCUT2D eigenvalue weighted by Gasteiger charge is -1.93. The summed E-state index contributed by atoms with van der Waals surface area (Å²) in [4.78, 5) is 0. The monoisotopic (exact) mass is 134 g/mol. The third-order valence-electron chi connectivity index (χ3n) is 0.966. The Kier molecular flexibility index (Phi) is 7.52. The van der Waals surface area contributed by atoms with Gasteiger partial charge >= 0.3 is 0 Å². The molecule has 0 atom stereocenters. The zero-order valence-electron chi connectivity index (χ0n) is 5.10. The predicted molar refractivity (Wildman–Crippen MR) is 39.6 cm³/mol. The summed E-state index contributed by atoms with van der Waals surface area (Å²) in [6.45, 7) is 0.815. The van der Waals surface area contributed by atoms with Crippen molar-refractivity contribution in [2.45, 2.75) is 19.3 Å². The van der Waals surface area contributed by atoms with Crippen LogP contribution in [0.3, 0.4) is 0 Å². The van der Waals surface area contributed by atoms with Gasteiger partial charge in [-0.25, -0.2) is 0 Å². The van der Waals surface area contributed by atoms with E-state index in [4.69, 9.17) is 10.9 Å². The average molecular weight is 134 g/mol. The molecule has 0 aromatic carbocycles. The fourth-order valence-electron chi connectivity index (χ4n) is 0.507. The van der Waals surface area contributed by atoms with Crippen LogP contribution in [0.25, 0.3) is 0 Å². The molecule has 2 nitrogen and oxygen atoms in total. The first kappa shape index (κ1) is 8.27. The van der Waals surface area contributed by atoms with Crippen molar-refractivity contribution < 1.29 is 0 Å². The molecule has 4 N–H and O–H groups in total. The highest BCUT2D eigenvalue weighted by Gasteiger charge is 1.84. The van der Waals surface area contributed by atoms with Crippen molar-refractivity contribution in [1.82, 2.24) is 0 Å². The molecule has 0 aromatic heterocycles. The van der Waals surface area contributed by atoms with Crippen molar-refractivity contribution in [3.8, 4) is 0 Å². The molecule has 0 radical (unpaired) electrons. The molecule has 0 saturated carbocycles. The highest BCUT2D eigenvalue weighted by molar-refractivity contribution is 7.97. The Morgan fingerprint density at radius 3 is 2.38 bits per heavy atom. The minimum Gasteiger partial charge on any atom is -0.330 e. The molecular formula is C5H14N2S. The fraction of sp³-hybridized carbons (Fsp3) is 1.00. The van der Waals surface area contributed by atoms with Crippen molar-refractivity contribution in [2.75, 3.05) is 12.3 Å². The van der Waals surface area contributed by atoms with Crippen LogP contribution in [-0.4, -0.2) is 12.3 Å². The molecule has 0 heterocycles. The number of nitrogens with two attached hydrogens (primary N) is 2. The van der Waals surface area contributed by atoms with Crippen LogP contribution in [0.1, 0.15) is 19.3 Å². The molecule has 50 valence electrons. The first-order valence-electron chi connectivity index (χ1n) is 2.93. The highest BCUT2D eigenvalue weighted by Crippen LogP contribution is 1.97. The summed E-state index contributed by atoms with van der Waals surface area (Å²) in [5.41, 5.74) is 5.27. The van der Waals surface area contributed by atoms with Gasteiger partial charge in [-0.1, -0.05) is 18.4 Å². The van der Waals surface area contributed by atoms with Gasteiger partial charge in [0.2, 0.25) is 0 Å². The van der Waals surface area contributed by atoms with E-state index in [1.54, 1.807) is 0 Å². The van der Waals surface area contributed by atoms with Crippen LogP contribution in [0.5, 0.6) is 0 Å². The third kappa shape index (κ3) is 6.27. The Hall–Kier alpha value is 0.270. The topological polar surface area (TPSA) is 52.0 Å². The molecule has 0 aliphatic carbocycles. The molecule has 0 saturated heterocycles. The Morgan fingerprint density at radius 2 is 1.88 bits per heavy atom. The largest absolute Gasteiger partial charge is 0.330 e. The van der Waals surface area contributed by atoms with Crippen LogP contribution in [0.2, 0.25) is 0 Å². The lowest BCUT2D eigenvalue weighted by atomic mass is 10.2.